The Morgan fingerprint density at radius 1 is 1.06 bits per heavy atom. The Labute approximate surface area is 193 Å². The molecule has 1 saturated heterocycles. The second-order valence-corrected chi connectivity index (χ2v) is 11.8. The lowest BCUT2D eigenvalue weighted by Crippen LogP contribution is -2.47. The molecule has 0 aliphatic carbocycles. The van der Waals surface area contributed by atoms with E-state index in [-0.39, 0.29) is 28.1 Å². The van der Waals surface area contributed by atoms with E-state index >= 15 is 0 Å². The molecule has 1 aliphatic rings. The monoisotopic (exact) mass is 500 g/mol. The lowest BCUT2D eigenvalue weighted by Gasteiger charge is -2.32. The Balaban J connectivity index is 1.66. The Morgan fingerprint density at radius 2 is 1.72 bits per heavy atom. The number of carbonyl (C=O) groups is 1. The van der Waals surface area contributed by atoms with E-state index in [4.69, 9.17) is 11.6 Å². The third-order valence-electron chi connectivity index (χ3n) is 5.09. The summed E-state index contributed by atoms with van der Waals surface area (Å²) in [6.07, 6.45) is 1.15. The number of piperidine rings is 1. The maximum Gasteiger partial charge on any atom is 0.281 e. The summed E-state index contributed by atoms with van der Waals surface area (Å²) < 4.78 is 54.7. The van der Waals surface area contributed by atoms with Crippen LogP contribution in [-0.2, 0) is 25.0 Å². The van der Waals surface area contributed by atoms with Crippen molar-refractivity contribution in [3.05, 3.63) is 53.6 Å². The number of para-hydroxylation sites is 1. The molecule has 1 atom stereocenters. The first-order valence-electron chi connectivity index (χ1n) is 9.86. The fourth-order valence-electron chi connectivity index (χ4n) is 3.31. The number of hydrogen-bond acceptors (Lipinski definition) is 5. The molecular weight excluding hydrogens is 476 g/mol. The number of halogens is 1. The number of rotatable bonds is 7. The van der Waals surface area contributed by atoms with Crippen LogP contribution in [0.25, 0.3) is 0 Å². The molecule has 9 nitrogen and oxygen atoms in total. The average Bonchev–Trinajstić information content (AvgIpc) is 2.75. The third kappa shape index (κ3) is 5.59. The highest BCUT2D eigenvalue weighted by Crippen LogP contribution is 2.25. The zero-order valence-electron chi connectivity index (χ0n) is 17.7. The summed E-state index contributed by atoms with van der Waals surface area (Å²) in [6, 6.07) is 12.2. The van der Waals surface area contributed by atoms with Gasteiger partial charge in [-0.1, -0.05) is 23.7 Å². The van der Waals surface area contributed by atoms with Gasteiger partial charge in [-0.2, -0.15) is 17.0 Å². The van der Waals surface area contributed by atoms with Crippen LogP contribution in [0, 0.1) is 5.92 Å². The van der Waals surface area contributed by atoms with E-state index in [1.807, 2.05) is 0 Å². The van der Waals surface area contributed by atoms with Crippen LogP contribution in [0.4, 0.5) is 11.4 Å². The van der Waals surface area contributed by atoms with Gasteiger partial charge in [-0.25, -0.2) is 8.42 Å². The summed E-state index contributed by atoms with van der Waals surface area (Å²) >= 11 is 6.01. The van der Waals surface area contributed by atoms with Crippen LogP contribution in [0.5, 0.6) is 0 Å². The van der Waals surface area contributed by atoms with E-state index in [2.05, 4.69) is 10.0 Å². The first-order valence-corrected chi connectivity index (χ1v) is 13.1. The van der Waals surface area contributed by atoms with Crippen molar-refractivity contribution in [1.29, 1.82) is 0 Å². The summed E-state index contributed by atoms with van der Waals surface area (Å²) in [6.45, 7) is 0.468. The molecule has 32 heavy (non-hydrogen) atoms. The van der Waals surface area contributed by atoms with E-state index in [0.29, 0.717) is 25.1 Å². The molecule has 1 amide bonds. The predicted molar refractivity (Wildman–Crippen MR) is 124 cm³/mol. The fourth-order valence-corrected chi connectivity index (χ4v) is 5.82. The Morgan fingerprint density at radius 3 is 2.34 bits per heavy atom. The van der Waals surface area contributed by atoms with Crippen LogP contribution in [-0.4, -0.2) is 58.5 Å². The Kier molecular flexibility index (Phi) is 7.46. The van der Waals surface area contributed by atoms with Gasteiger partial charge in [0.1, 0.15) is 0 Å². The SMILES string of the molecule is CN(C)S(=O)(=O)N1CCC[C@H](C(=O)Nc2ccc(S(=O)(=O)Nc3ccccc3Cl)cc2)C1. The van der Waals surface area contributed by atoms with Gasteiger partial charge in [0, 0.05) is 32.9 Å². The summed E-state index contributed by atoms with van der Waals surface area (Å²) in [7, 11) is -4.54. The van der Waals surface area contributed by atoms with Crippen molar-refractivity contribution in [3.63, 3.8) is 0 Å². The minimum atomic E-state index is -3.86. The quantitative estimate of drug-likeness (QED) is 0.606. The van der Waals surface area contributed by atoms with Crippen LogP contribution in [0.15, 0.2) is 53.4 Å². The number of benzene rings is 2. The van der Waals surface area contributed by atoms with Crippen LogP contribution in [0.3, 0.4) is 0 Å². The van der Waals surface area contributed by atoms with Gasteiger partial charge in [0.25, 0.3) is 20.2 Å². The first kappa shape index (κ1) is 24.5. The van der Waals surface area contributed by atoms with Crippen LogP contribution < -0.4 is 10.0 Å². The molecule has 174 valence electrons. The Hall–Kier alpha value is -2.18. The van der Waals surface area contributed by atoms with Gasteiger partial charge in [0.05, 0.1) is 21.5 Å². The number of nitrogens with zero attached hydrogens (tertiary/aromatic N) is 2. The van der Waals surface area contributed by atoms with Crippen molar-refractivity contribution >= 4 is 49.1 Å². The van der Waals surface area contributed by atoms with E-state index in [1.165, 1.54) is 42.7 Å². The fraction of sp³-hybridized carbons (Fsp3) is 0.350. The van der Waals surface area contributed by atoms with Gasteiger partial charge < -0.3 is 5.32 Å². The maximum absolute atomic E-state index is 12.7. The normalized spacial score (nSPS) is 17.8. The predicted octanol–water partition coefficient (Wildman–Crippen LogP) is 2.60. The highest BCUT2D eigenvalue weighted by atomic mass is 35.5. The summed E-state index contributed by atoms with van der Waals surface area (Å²) in [5.74, 6) is -0.808. The van der Waals surface area contributed by atoms with Crippen LogP contribution in [0.2, 0.25) is 5.02 Å². The van der Waals surface area contributed by atoms with E-state index in [1.54, 1.807) is 24.3 Å². The average molecular weight is 501 g/mol. The maximum atomic E-state index is 12.7. The van der Waals surface area contributed by atoms with Gasteiger partial charge in [-0.15, -0.1) is 0 Å². The molecule has 0 saturated carbocycles. The third-order valence-corrected chi connectivity index (χ3v) is 8.71. The second-order valence-electron chi connectivity index (χ2n) is 7.59. The molecule has 3 rings (SSSR count). The molecule has 0 aromatic heterocycles. The van der Waals surface area contributed by atoms with Crippen molar-refractivity contribution < 1.29 is 21.6 Å². The van der Waals surface area contributed by atoms with Crippen molar-refractivity contribution in [2.24, 2.45) is 5.92 Å². The highest BCUT2D eigenvalue weighted by molar-refractivity contribution is 7.92. The van der Waals surface area contributed by atoms with Crippen LogP contribution >= 0.6 is 11.6 Å². The van der Waals surface area contributed by atoms with Crippen molar-refractivity contribution in [3.8, 4) is 0 Å². The number of sulfonamides is 1. The van der Waals surface area contributed by atoms with Crippen LogP contribution in [0.1, 0.15) is 12.8 Å². The van der Waals surface area contributed by atoms with Gasteiger partial charge in [-0.3, -0.25) is 9.52 Å². The Bertz CT molecular complexity index is 1180. The van der Waals surface area contributed by atoms with Crippen molar-refractivity contribution in [2.75, 3.05) is 37.2 Å². The minimum Gasteiger partial charge on any atom is -0.326 e. The molecule has 1 aliphatic heterocycles. The molecule has 0 bridgehead atoms. The number of carbonyl (C=O) groups excluding carboxylic acids is 1. The lowest BCUT2D eigenvalue weighted by atomic mass is 9.99. The molecular formula is C20H25ClN4O5S2. The summed E-state index contributed by atoms with van der Waals surface area (Å²) in [5.41, 5.74) is 0.681. The molecule has 2 aromatic carbocycles. The second kappa shape index (κ2) is 9.75. The molecule has 0 unspecified atom stereocenters. The first-order chi connectivity index (χ1) is 15.0. The molecule has 1 heterocycles. The van der Waals surface area contributed by atoms with Crippen molar-refractivity contribution in [2.45, 2.75) is 17.7 Å². The topological polar surface area (TPSA) is 116 Å². The minimum absolute atomic E-state index is 0.0105. The van der Waals surface area contributed by atoms with E-state index in [0.717, 1.165) is 4.31 Å². The van der Waals surface area contributed by atoms with Gasteiger partial charge in [0.2, 0.25) is 5.91 Å². The molecule has 0 spiro atoms. The zero-order valence-corrected chi connectivity index (χ0v) is 20.0. The molecule has 2 aromatic rings. The smallest absolute Gasteiger partial charge is 0.281 e. The molecule has 2 N–H and O–H groups in total. The summed E-state index contributed by atoms with van der Waals surface area (Å²) in [4.78, 5) is 12.7. The standard InChI is InChI=1S/C20H25ClN4O5S2/c1-24(2)32(29,30)25-13-5-6-15(14-25)20(26)22-16-9-11-17(12-10-16)31(27,28)23-19-8-4-3-7-18(19)21/h3-4,7-12,15,23H,5-6,13-14H2,1-2H3,(H,22,26)/t15-/m0/s1. The lowest BCUT2D eigenvalue weighted by molar-refractivity contribution is -0.120. The zero-order chi connectivity index (χ0) is 23.5. The number of amides is 1. The summed E-state index contributed by atoms with van der Waals surface area (Å²) in [5, 5.41) is 3.02. The number of nitrogens with one attached hydrogen (secondary N) is 2. The molecule has 0 radical (unpaired) electrons. The van der Waals surface area contributed by atoms with Gasteiger partial charge in [0.15, 0.2) is 0 Å². The van der Waals surface area contributed by atoms with E-state index < -0.39 is 26.2 Å². The number of hydrogen-bond donors (Lipinski definition) is 2. The number of anilines is 2. The van der Waals surface area contributed by atoms with Gasteiger partial charge in [-0.05, 0) is 49.2 Å². The highest BCUT2D eigenvalue weighted by Gasteiger charge is 2.33. The van der Waals surface area contributed by atoms with Gasteiger partial charge >= 0.3 is 0 Å². The molecule has 12 heteroatoms. The molecule has 1 fully saturated rings. The largest absolute Gasteiger partial charge is 0.326 e. The van der Waals surface area contributed by atoms with E-state index in [9.17, 15) is 21.6 Å². The van der Waals surface area contributed by atoms with Crippen molar-refractivity contribution in [1.82, 2.24) is 8.61 Å².